The monoisotopic (exact) mass is 242 g/mol. The quantitative estimate of drug-likeness (QED) is 0.719. The van der Waals surface area contributed by atoms with Crippen molar-refractivity contribution in [3.8, 4) is 0 Å². The first kappa shape index (κ1) is 14.9. The van der Waals surface area contributed by atoms with E-state index in [2.05, 4.69) is 42.6 Å². The Kier molecular flexibility index (Phi) is 6.41. The van der Waals surface area contributed by atoms with Gasteiger partial charge in [-0.05, 0) is 33.5 Å². The fraction of sp³-hybridized carbons (Fsp3) is 1.00. The standard InChI is InChI=1S/C13H30N4/c1-12(11-14)13(2)17-9-7-16(8-10-17)6-5-15(3)4/h12-13H,5-11,14H2,1-4H3. The van der Waals surface area contributed by atoms with Crippen LogP contribution in [0.3, 0.4) is 0 Å². The lowest BCUT2D eigenvalue weighted by molar-refractivity contribution is 0.0789. The number of hydrogen-bond acceptors (Lipinski definition) is 4. The van der Waals surface area contributed by atoms with Gasteiger partial charge in [0, 0.05) is 45.3 Å². The van der Waals surface area contributed by atoms with Crippen LogP contribution in [0, 0.1) is 5.92 Å². The van der Waals surface area contributed by atoms with Crippen molar-refractivity contribution in [3.63, 3.8) is 0 Å². The summed E-state index contributed by atoms with van der Waals surface area (Å²) in [6, 6.07) is 0.621. The van der Waals surface area contributed by atoms with E-state index in [1.165, 1.54) is 32.7 Å². The summed E-state index contributed by atoms with van der Waals surface area (Å²) in [5, 5.41) is 0. The normalized spacial score (nSPS) is 22.9. The van der Waals surface area contributed by atoms with Crippen LogP contribution >= 0.6 is 0 Å². The Balaban J connectivity index is 2.25. The summed E-state index contributed by atoms with van der Waals surface area (Å²) in [4.78, 5) is 7.41. The van der Waals surface area contributed by atoms with E-state index in [1.54, 1.807) is 0 Å². The van der Waals surface area contributed by atoms with Crippen LogP contribution in [0.4, 0.5) is 0 Å². The van der Waals surface area contributed by atoms with Gasteiger partial charge in [-0.15, -0.1) is 0 Å². The molecule has 2 atom stereocenters. The zero-order valence-electron chi connectivity index (χ0n) is 12.0. The topological polar surface area (TPSA) is 35.7 Å². The highest BCUT2D eigenvalue weighted by molar-refractivity contribution is 4.79. The molecule has 0 aromatic rings. The van der Waals surface area contributed by atoms with Crippen LogP contribution in [-0.2, 0) is 0 Å². The van der Waals surface area contributed by atoms with Gasteiger partial charge in [-0.1, -0.05) is 6.92 Å². The van der Waals surface area contributed by atoms with E-state index in [-0.39, 0.29) is 0 Å². The van der Waals surface area contributed by atoms with Gasteiger partial charge in [-0.2, -0.15) is 0 Å². The predicted octanol–water partition coefficient (Wildman–Crippen LogP) is 0.149. The Morgan fingerprint density at radius 3 is 2.18 bits per heavy atom. The number of hydrogen-bond donors (Lipinski definition) is 1. The second-order valence-electron chi connectivity index (χ2n) is 5.63. The zero-order chi connectivity index (χ0) is 12.8. The van der Waals surface area contributed by atoms with E-state index in [0.717, 1.165) is 13.1 Å². The first-order chi connectivity index (χ1) is 8.04. The summed E-state index contributed by atoms with van der Waals surface area (Å²) in [6.45, 7) is 12.5. The van der Waals surface area contributed by atoms with Crippen molar-refractivity contribution in [3.05, 3.63) is 0 Å². The molecule has 17 heavy (non-hydrogen) atoms. The van der Waals surface area contributed by atoms with Crippen molar-refractivity contribution in [2.24, 2.45) is 11.7 Å². The molecule has 1 aliphatic rings. The summed E-state index contributed by atoms with van der Waals surface area (Å²) in [6.07, 6.45) is 0. The molecule has 0 aromatic heterocycles. The molecule has 1 aliphatic heterocycles. The molecule has 2 unspecified atom stereocenters. The Bertz CT molecular complexity index is 200. The first-order valence-electron chi connectivity index (χ1n) is 6.85. The highest BCUT2D eigenvalue weighted by Crippen LogP contribution is 2.12. The van der Waals surface area contributed by atoms with Crippen molar-refractivity contribution in [2.75, 3.05) is 59.9 Å². The van der Waals surface area contributed by atoms with Gasteiger partial charge in [0.2, 0.25) is 0 Å². The van der Waals surface area contributed by atoms with Gasteiger partial charge in [0.1, 0.15) is 0 Å². The summed E-state index contributed by atoms with van der Waals surface area (Å²) < 4.78 is 0. The molecule has 4 nitrogen and oxygen atoms in total. The van der Waals surface area contributed by atoms with Gasteiger partial charge < -0.3 is 10.6 Å². The number of nitrogens with zero attached hydrogens (tertiary/aromatic N) is 3. The Labute approximate surface area is 107 Å². The van der Waals surface area contributed by atoms with Gasteiger partial charge in [0.15, 0.2) is 0 Å². The summed E-state index contributed by atoms with van der Waals surface area (Å²) in [7, 11) is 4.28. The molecule has 1 heterocycles. The maximum absolute atomic E-state index is 5.75. The smallest absolute Gasteiger partial charge is 0.0113 e. The van der Waals surface area contributed by atoms with Gasteiger partial charge in [0.05, 0.1) is 0 Å². The van der Waals surface area contributed by atoms with E-state index >= 15 is 0 Å². The number of likely N-dealkylation sites (N-methyl/N-ethyl adjacent to an activating group) is 1. The van der Waals surface area contributed by atoms with Crippen LogP contribution in [0.1, 0.15) is 13.8 Å². The van der Waals surface area contributed by atoms with E-state index in [4.69, 9.17) is 5.73 Å². The average Bonchev–Trinajstić information content (AvgIpc) is 2.35. The fourth-order valence-corrected chi connectivity index (χ4v) is 2.29. The van der Waals surface area contributed by atoms with E-state index in [9.17, 15) is 0 Å². The first-order valence-corrected chi connectivity index (χ1v) is 6.85. The molecule has 2 N–H and O–H groups in total. The highest BCUT2D eigenvalue weighted by atomic mass is 15.3. The minimum absolute atomic E-state index is 0.600. The average molecular weight is 242 g/mol. The zero-order valence-corrected chi connectivity index (χ0v) is 12.0. The molecule has 0 spiro atoms. The predicted molar refractivity (Wildman–Crippen MR) is 74.2 cm³/mol. The van der Waals surface area contributed by atoms with Gasteiger partial charge in [0.25, 0.3) is 0 Å². The molecule has 0 bridgehead atoms. The Hall–Kier alpha value is -0.160. The Morgan fingerprint density at radius 2 is 1.71 bits per heavy atom. The molecule has 1 saturated heterocycles. The molecular formula is C13H30N4. The van der Waals surface area contributed by atoms with Gasteiger partial charge >= 0.3 is 0 Å². The lowest BCUT2D eigenvalue weighted by Gasteiger charge is -2.40. The van der Waals surface area contributed by atoms with E-state index in [1.807, 2.05) is 0 Å². The summed E-state index contributed by atoms with van der Waals surface area (Å²) in [5.41, 5.74) is 5.75. The van der Waals surface area contributed by atoms with Gasteiger partial charge in [-0.3, -0.25) is 9.80 Å². The van der Waals surface area contributed by atoms with Crippen molar-refractivity contribution in [2.45, 2.75) is 19.9 Å². The molecule has 4 heteroatoms. The largest absolute Gasteiger partial charge is 0.330 e. The summed E-state index contributed by atoms with van der Waals surface area (Å²) >= 11 is 0. The van der Waals surface area contributed by atoms with Gasteiger partial charge in [-0.25, -0.2) is 0 Å². The third kappa shape index (κ3) is 4.92. The van der Waals surface area contributed by atoms with Crippen LogP contribution in [0.25, 0.3) is 0 Å². The molecule has 0 saturated carbocycles. The minimum Gasteiger partial charge on any atom is -0.330 e. The van der Waals surface area contributed by atoms with Crippen LogP contribution in [0.15, 0.2) is 0 Å². The van der Waals surface area contributed by atoms with Crippen LogP contribution < -0.4 is 5.73 Å². The lowest BCUT2D eigenvalue weighted by atomic mass is 10.0. The van der Waals surface area contributed by atoms with Crippen LogP contribution in [0.2, 0.25) is 0 Å². The van der Waals surface area contributed by atoms with E-state index < -0.39 is 0 Å². The van der Waals surface area contributed by atoms with Crippen molar-refractivity contribution < 1.29 is 0 Å². The molecule has 0 radical (unpaired) electrons. The Morgan fingerprint density at radius 1 is 1.12 bits per heavy atom. The number of rotatable bonds is 6. The molecule has 0 aliphatic carbocycles. The third-order valence-corrected chi connectivity index (χ3v) is 4.04. The lowest BCUT2D eigenvalue weighted by Crippen LogP contribution is -2.52. The molecule has 102 valence electrons. The van der Waals surface area contributed by atoms with Crippen LogP contribution in [-0.4, -0.2) is 80.7 Å². The third-order valence-electron chi connectivity index (χ3n) is 4.04. The van der Waals surface area contributed by atoms with E-state index in [0.29, 0.717) is 12.0 Å². The maximum Gasteiger partial charge on any atom is 0.0113 e. The van der Waals surface area contributed by atoms with Crippen molar-refractivity contribution in [1.29, 1.82) is 0 Å². The molecule has 1 rings (SSSR count). The SMILES string of the molecule is CC(CN)C(C)N1CCN(CCN(C)C)CC1. The second-order valence-corrected chi connectivity index (χ2v) is 5.63. The maximum atomic E-state index is 5.75. The van der Waals surface area contributed by atoms with Crippen molar-refractivity contribution in [1.82, 2.24) is 14.7 Å². The number of nitrogens with two attached hydrogens (primary N) is 1. The second kappa shape index (κ2) is 7.31. The number of piperazine rings is 1. The highest BCUT2D eigenvalue weighted by Gasteiger charge is 2.23. The van der Waals surface area contributed by atoms with Crippen LogP contribution in [0.5, 0.6) is 0 Å². The minimum atomic E-state index is 0.600. The molecule has 0 amide bonds. The van der Waals surface area contributed by atoms with Crippen molar-refractivity contribution >= 4 is 0 Å². The molecule has 1 fully saturated rings. The molecular weight excluding hydrogens is 212 g/mol. The fourth-order valence-electron chi connectivity index (χ4n) is 2.29. The summed E-state index contributed by atoms with van der Waals surface area (Å²) in [5.74, 6) is 0.600. The molecule has 0 aromatic carbocycles.